The van der Waals surface area contributed by atoms with E-state index in [0.29, 0.717) is 35.4 Å². The maximum Gasteiger partial charge on any atom is 0.303 e. The molecule has 194 valence electrons. The number of nitrogens with zero attached hydrogens (tertiary/aromatic N) is 2. The molecule has 37 heavy (non-hydrogen) atoms. The molecule has 0 bridgehead atoms. The fourth-order valence-electron chi connectivity index (χ4n) is 5.28. The van der Waals surface area contributed by atoms with Gasteiger partial charge in [0.15, 0.2) is 0 Å². The molecule has 1 fully saturated rings. The Morgan fingerprint density at radius 3 is 2.86 bits per heavy atom. The summed E-state index contributed by atoms with van der Waals surface area (Å²) in [5, 5.41) is 10.7. The molecule has 1 saturated heterocycles. The van der Waals surface area contributed by atoms with Crippen molar-refractivity contribution in [3.63, 3.8) is 0 Å². The van der Waals surface area contributed by atoms with E-state index < -0.39 is 11.8 Å². The van der Waals surface area contributed by atoms with Gasteiger partial charge in [0.2, 0.25) is 0 Å². The number of aryl methyl sites for hydroxylation is 1. The number of methoxy groups -OCH3 is 1. The number of ether oxygens (including phenoxy) is 1. The van der Waals surface area contributed by atoms with Gasteiger partial charge in [0.1, 0.15) is 11.6 Å². The molecule has 5 nitrogen and oxygen atoms in total. The van der Waals surface area contributed by atoms with Crippen molar-refractivity contribution in [2.24, 2.45) is 11.8 Å². The van der Waals surface area contributed by atoms with Gasteiger partial charge >= 0.3 is 5.97 Å². The summed E-state index contributed by atoms with van der Waals surface area (Å²) in [7, 11) is 1.67. The minimum Gasteiger partial charge on any atom is -0.497 e. The van der Waals surface area contributed by atoms with Gasteiger partial charge in [0.25, 0.3) is 0 Å². The molecule has 1 N–H and O–H groups in total. The first-order valence-electron chi connectivity index (χ1n) is 12.7. The lowest BCUT2D eigenvalue weighted by Gasteiger charge is -2.38. The molecule has 1 aliphatic heterocycles. The summed E-state index contributed by atoms with van der Waals surface area (Å²) in [4.78, 5) is 18.0. The second kappa shape index (κ2) is 12.9. The SMILES string of the molecule is COc1ccc2nccc(CCCC3CCN(CC#Cc4cc(F)cc(Cl)c4)CC3CCC(=O)O)c2c1. The second-order valence-corrected chi connectivity index (χ2v) is 10.1. The Morgan fingerprint density at radius 1 is 1.22 bits per heavy atom. The fraction of sp³-hybridized carbons (Fsp3) is 0.400. The molecule has 3 aromatic rings. The van der Waals surface area contributed by atoms with E-state index in [1.54, 1.807) is 13.2 Å². The van der Waals surface area contributed by atoms with Crippen molar-refractivity contribution in [3.05, 3.63) is 70.6 Å². The molecule has 2 aromatic carbocycles. The smallest absolute Gasteiger partial charge is 0.303 e. The number of benzene rings is 2. The zero-order valence-electron chi connectivity index (χ0n) is 21.1. The standard InChI is InChI=1S/C30H32ClFN2O3/c1-37-27-8-9-29-28(19-27)23(11-13-33-29)6-2-5-22-12-15-34(20-24(22)7-10-30(35)36)14-3-4-21-16-25(31)18-26(32)17-21/h8-9,11,13,16-19,22,24H,2,5-7,10,12,14-15,20H2,1H3,(H,35,36). The van der Waals surface area contributed by atoms with Gasteiger partial charge in [-0.2, -0.15) is 0 Å². The van der Waals surface area contributed by atoms with Crippen LogP contribution in [0.2, 0.25) is 5.02 Å². The number of aliphatic carboxylic acids is 1. The first kappa shape index (κ1) is 26.9. The number of fused-ring (bicyclic) bond motifs is 1. The predicted octanol–water partition coefficient (Wildman–Crippen LogP) is 6.21. The molecular weight excluding hydrogens is 491 g/mol. The topological polar surface area (TPSA) is 62.7 Å². The maximum atomic E-state index is 13.6. The minimum absolute atomic E-state index is 0.178. The van der Waals surface area contributed by atoms with Gasteiger partial charge < -0.3 is 9.84 Å². The van der Waals surface area contributed by atoms with Gasteiger partial charge in [-0.1, -0.05) is 23.4 Å². The average Bonchev–Trinajstić information content (AvgIpc) is 2.87. The number of aromatic nitrogens is 1. The zero-order valence-corrected chi connectivity index (χ0v) is 21.8. The van der Waals surface area contributed by atoms with E-state index >= 15 is 0 Å². The molecule has 2 atom stereocenters. The van der Waals surface area contributed by atoms with E-state index in [2.05, 4.69) is 27.8 Å². The Morgan fingerprint density at radius 2 is 2.08 bits per heavy atom. The van der Waals surface area contributed by atoms with Crippen LogP contribution in [0, 0.1) is 29.5 Å². The van der Waals surface area contributed by atoms with Gasteiger partial charge in [-0.15, -0.1) is 0 Å². The van der Waals surface area contributed by atoms with Crippen molar-refractivity contribution in [1.82, 2.24) is 9.88 Å². The molecule has 1 aliphatic rings. The van der Waals surface area contributed by atoms with E-state index in [0.717, 1.165) is 55.4 Å². The van der Waals surface area contributed by atoms with Crippen LogP contribution in [0.15, 0.2) is 48.7 Å². The average molecular weight is 523 g/mol. The van der Waals surface area contributed by atoms with Crippen LogP contribution in [0.4, 0.5) is 4.39 Å². The lowest BCUT2D eigenvalue weighted by Crippen LogP contribution is -2.41. The number of hydrogen-bond acceptors (Lipinski definition) is 4. The number of halogens is 2. The van der Waals surface area contributed by atoms with Crippen LogP contribution in [-0.4, -0.2) is 47.7 Å². The van der Waals surface area contributed by atoms with E-state index in [-0.39, 0.29) is 6.42 Å². The van der Waals surface area contributed by atoms with Gasteiger partial charge in [-0.25, -0.2) is 4.39 Å². The van der Waals surface area contributed by atoms with Gasteiger partial charge in [-0.3, -0.25) is 14.7 Å². The molecule has 7 heteroatoms. The Balaban J connectivity index is 1.36. The zero-order chi connectivity index (χ0) is 26.2. The van der Waals surface area contributed by atoms with Crippen molar-refractivity contribution >= 4 is 28.5 Å². The number of carboxylic acids is 1. The Labute approximate surface area is 222 Å². The van der Waals surface area contributed by atoms with Crippen LogP contribution in [0.1, 0.15) is 43.2 Å². The van der Waals surface area contributed by atoms with Gasteiger partial charge in [-0.05, 0) is 98.5 Å². The molecule has 0 aliphatic carbocycles. The molecule has 2 heterocycles. The molecule has 4 rings (SSSR count). The number of pyridine rings is 1. The summed E-state index contributed by atoms with van der Waals surface area (Å²) in [6, 6.07) is 12.3. The van der Waals surface area contributed by atoms with Crippen molar-refractivity contribution in [2.45, 2.75) is 38.5 Å². The van der Waals surface area contributed by atoms with E-state index in [4.69, 9.17) is 16.3 Å². The summed E-state index contributed by atoms with van der Waals surface area (Å²) in [6.45, 7) is 2.31. The first-order chi connectivity index (χ1) is 17.9. The van der Waals surface area contributed by atoms with Crippen molar-refractivity contribution < 1.29 is 19.0 Å². The third kappa shape index (κ3) is 7.67. The van der Waals surface area contributed by atoms with Gasteiger partial charge in [0, 0.05) is 35.1 Å². The van der Waals surface area contributed by atoms with Crippen LogP contribution in [0.3, 0.4) is 0 Å². The van der Waals surface area contributed by atoms with Crippen molar-refractivity contribution in [3.8, 4) is 17.6 Å². The van der Waals surface area contributed by atoms with Crippen LogP contribution >= 0.6 is 11.6 Å². The van der Waals surface area contributed by atoms with Crippen LogP contribution in [0.25, 0.3) is 10.9 Å². The second-order valence-electron chi connectivity index (χ2n) is 9.68. The highest BCUT2D eigenvalue weighted by Crippen LogP contribution is 2.32. The predicted molar refractivity (Wildman–Crippen MR) is 144 cm³/mol. The van der Waals surface area contributed by atoms with Crippen LogP contribution in [0.5, 0.6) is 5.75 Å². The number of likely N-dealkylation sites (tertiary alicyclic amines) is 1. The summed E-state index contributed by atoms with van der Waals surface area (Å²) in [5.74, 6) is 6.60. The van der Waals surface area contributed by atoms with E-state index in [1.165, 1.54) is 17.7 Å². The molecule has 0 saturated carbocycles. The number of carboxylic acid groups (broad SMARTS) is 1. The number of piperidine rings is 1. The minimum atomic E-state index is -0.754. The fourth-order valence-corrected chi connectivity index (χ4v) is 5.50. The third-order valence-electron chi connectivity index (χ3n) is 7.16. The largest absolute Gasteiger partial charge is 0.497 e. The molecule has 1 aromatic heterocycles. The molecule has 0 radical (unpaired) electrons. The number of hydrogen-bond donors (Lipinski definition) is 1. The number of carbonyl (C=O) groups is 1. The normalized spacial score (nSPS) is 17.8. The highest BCUT2D eigenvalue weighted by Gasteiger charge is 2.29. The highest BCUT2D eigenvalue weighted by atomic mass is 35.5. The molecule has 2 unspecified atom stereocenters. The molecular formula is C30H32ClFN2O3. The Kier molecular flexibility index (Phi) is 9.38. The first-order valence-corrected chi connectivity index (χ1v) is 13.1. The lowest BCUT2D eigenvalue weighted by atomic mass is 9.79. The summed E-state index contributed by atoms with van der Waals surface area (Å²) in [6.07, 6.45) is 6.75. The summed E-state index contributed by atoms with van der Waals surface area (Å²) >= 11 is 5.92. The monoisotopic (exact) mass is 522 g/mol. The van der Waals surface area contributed by atoms with Crippen LogP contribution < -0.4 is 4.74 Å². The van der Waals surface area contributed by atoms with E-state index in [9.17, 15) is 14.3 Å². The van der Waals surface area contributed by atoms with Gasteiger partial charge in [0.05, 0.1) is 19.2 Å². The quantitative estimate of drug-likeness (QED) is 0.338. The molecule has 0 spiro atoms. The summed E-state index contributed by atoms with van der Waals surface area (Å²) < 4.78 is 19.0. The number of rotatable bonds is 9. The van der Waals surface area contributed by atoms with Crippen molar-refractivity contribution in [1.29, 1.82) is 0 Å². The summed E-state index contributed by atoms with van der Waals surface area (Å²) in [5.41, 5.74) is 2.78. The molecule has 0 amide bonds. The Hall–Kier alpha value is -3.14. The van der Waals surface area contributed by atoms with Crippen LogP contribution in [-0.2, 0) is 11.2 Å². The Bertz CT molecular complexity index is 1280. The maximum absolute atomic E-state index is 13.6. The lowest BCUT2D eigenvalue weighted by molar-refractivity contribution is -0.137. The highest BCUT2D eigenvalue weighted by molar-refractivity contribution is 6.30. The third-order valence-corrected chi connectivity index (χ3v) is 7.38. The van der Waals surface area contributed by atoms with E-state index in [1.807, 2.05) is 24.4 Å². The van der Waals surface area contributed by atoms with Crippen molar-refractivity contribution in [2.75, 3.05) is 26.7 Å².